The van der Waals surface area contributed by atoms with Gasteiger partial charge in [-0.2, -0.15) is 4.98 Å². The lowest BCUT2D eigenvalue weighted by atomic mass is 10.1. The number of carbonyl (C=O) groups is 2. The molecule has 258 valence electrons. The van der Waals surface area contributed by atoms with Crippen molar-refractivity contribution in [2.45, 2.75) is 30.5 Å². The normalized spacial score (nSPS) is 21.8. The number of aliphatic imine (C=N–C) groups is 1. The van der Waals surface area contributed by atoms with E-state index in [2.05, 4.69) is 14.9 Å². The first-order valence-electron chi connectivity index (χ1n) is 16.3. The van der Waals surface area contributed by atoms with Gasteiger partial charge in [0.15, 0.2) is 5.82 Å². The standard InChI is InChI=1S/C34H32FN7O7S/c35-23-13-21-25(41(19-5-6-19)15-22(31(21)44)33(46)47)14-26(23)39-11-9-38(10-12-39)18-42-24-4-2-1-3-20(24)30(32(42)45)36-27-7-8-40(34(48)37-27)28-17-50-29(16-43)49-28/h1-4,7-8,13-15,19,28-29,43H,5-6,9-12,16-18H2,(H,46,47). The fourth-order valence-corrected chi connectivity index (χ4v) is 7.66. The number of amides is 1. The van der Waals surface area contributed by atoms with Gasteiger partial charge in [0.25, 0.3) is 5.91 Å². The highest BCUT2D eigenvalue weighted by atomic mass is 32.2. The third kappa shape index (κ3) is 5.77. The molecule has 16 heteroatoms. The molecule has 0 bridgehead atoms. The van der Waals surface area contributed by atoms with Gasteiger partial charge in [-0.05, 0) is 37.1 Å². The van der Waals surface area contributed by atoms with Crippen molar-refractivity contribution in [2.75, 3.05) is 55.0 Å². The smallest absolute Gasteiger partial charge is 0.351 e. The summed E-state index contributed by atoms with van der Waals surface area (Å²) in [5.74, 6) is -1.68. The van der Waals surface area contributed by atoms with Gasteiger partial charge in [0, 0.05) is 61.3 Å². The molecule has 4 aromatic rings. The summed E-state index contributed by atoms with van der Waals surface area (Å²) in [7, 11) is 0. The molecule has 1 saturated carbocycles. The number of aliphatic hydroxyl groups is 1. The van der Waals surface area contributed by atoms with Gasteiger partial charge in [-0.15, -0.1) is 11.8 Å². The van der Waals surface area contributed by atoms with E-state index < -0.39 is 34.6 Å². The number of piperazine rings is 1. The summed E-state index contributed by atoms with van der Waals surface area (Å²) in [6.45, 7) is 2.05. The highest BCUT2D eigenvalue weighted by Crippen LogP contribution is 2.38. The van der Waals surface area contributed by atoms with Gasteiger partial charge in [-0.25, -0.2) is 19.0 Å². The molecule has 3 fully saturated rings. The fraction of sp³-hybridized carbons (Fsp3) is 0.353. The predicted octanol–water partition coefficient (Wildman–Crippen LogP) is 2.56. The lowest BCUT2D eigenvalue weighted by molar-refractivity contribution is -0.112. The monoisotopic (exact) mass is 701 g/mol. The van der Waals surface area contributed by atoms with Crippen LogP contribution in [0.1, 0.15) is 41.0 Å². The van der Waals surface area contributed by atoms with E-state index in [0.717, 1.165) is 18.9 Å². The van der Waals surface area contributed by atoms with Gasteiger partial charge in [0.1, 0.15) is 28.8 Å². The third-order valence-corrected chi connectivity index (χ3v) is 10.6. The Bertz CT molecular complexity index is 2190. The summed E-state index contributed by atoms with van der Waals surface area (Å²) in [4.78, 5) is 65.4. The number of anilines is 2. The third-order valence-electron chi connectivity index (χ3n) is 9.46. The quantitative estimate of drug-likeness (QED) is 0.278. The zero-order valence-electron chi connectivity index (χ0n) is 26.6. The van der Waals surface area contributed by atoms with Crippen LogP contribution in [0.25, 0.3) is 10.9 Å². The first kappa shape index (κ1) is 32.3. The number of benzene rings is 2. The second-order valence-corrected chi connectivity index (χ2v) is 13.8. The Hall–Kier alpha value is -4.90. The summed E-state index contributed by atoms with van der Waals surface area (Å²) in [5, 5.41) is 18.9. The lowest BCUT2D eigenvalue weighted by Crippen LogP contribution is -2.51. The van der Waals surface area contributed by atoms with Crippen molar-refractivity contribution >= 4 is 57.4 Å². The molecule has 8 rings (SSSR count). The first-order chi connectivity index (χ1) is 24.2. The number of aromatic carboxylic acids is 1. The second-order valence-electron chi connectivity index (χ2n) is 12.6. The Morgan fingerprint density at radius 1 is 1.04 bits per heavy atom. The molecule has 1 aliphatic carbocycles. The van der Waals surface area contributed by atoms with Crippen LogP contribution in [0.3, 0.4) is 0 Å². The largest absolute Gasteiger partial charge is 0.477 e. The number of nitrogens with zero attached hydrogens (tertiary/aromatic N) is 7. The number of carboxylic acids is 1. The van der Waals surface area contributed by atoms with Crippen LogP contribution in [-0.4, -0.2) is 97.5 Å². The van der Waals surface area contributed by atoms with E-state index in [-0.39, 0.29) is 47.7 Å². The van der Waals surface area contributed by atoms with E-state index in [1.165, 1.54) is 28.7 Å². The molecule has 2 atom stereocenters. The highest BCUT2D eigenvalue weighted by molar-refractivity contribution is 8.00. The topological polar surface area (TPSA) is 163 Å². The van der Waals surface area contributed by atoms with Crippen molar-refractivity contribution in [3.05, 3.63) is 92.5 Å². The van der Waals surface area contributed by atoms with Crippen LogP contribution in [0.2, 0.25) is 0 Å². The van der Waals surface area contributed by atoms with Crippen molar-refractivity contribution in [3.8, 4) is 0 Å². The minimum Gasteiger partial charge on any atom is -0.477 e. The van der Waals surface area contributed by atoms with Crippen LogP contribution in [0.15, 0.2) is 69.4 Å². The molecule has 2 unspecified atom stereocenters. The van der Waals surface area contributed by atoms with E-state index in [9.17, 15) is 29.4 Å². The number of halogens is 1. The highest BCUT2D eigenvalue weighted by Gasteiger charge is 2.36. The summed E-state index contributed by atoms with van der Waals surface area (Å²) < 4.78 is 24.3. The molecule has 2 aromatic carbocycles. The van der Waals surface area contributed by atoms with Crippen LogP contribution in [0.4, 0.5) is 21.6 Å². The predicted molar refractivity (Wildman–Crippen MR) is 184 cm³/mol. The molecule has 2 N–H and O–H groups in total. The van der Waals surface area contributed by atoms with Crippen molar-refractivity contribution in [1.29, 1.82) is 0 Å². The number of rotatable bonds is 8. The van der Waals surface area contributed by atoms with Gasteiger partial charge in [0.05, 0.1) is 30.2 Å². The molecule has 3 aliphatic heterocycles. The number of thioether (sulfide) groups is 1. The Kier molecular flexibility index (Phi) is 8.25. The maximum absolute atomic E-state index is 15.5. The molecular formula is C34H32FN7O7S. The first-order valence-corrected chi connectivity index (χ1v) is 17.3. The molecule has 2 aromatic heterocycles. The summed E-state index contributed by atoms with van der Waals surface area (Å²) in [6, 6.07) is 11.7. The van der Waals surface area contributed by atoms with Gasteiger partial charge in [-0.3, -0.25) is 24.0 Å². The maximum atomic E-state index is 15.5. The van der Waals surface area contributed by atoms with Gasteiger partial charge in [0.2, 0.25) is 5.43 Å². The zero-order valence-corrected chi connectivity index (χ0v) is 27.5. The van der Waals surface area contributed by atoms with Crippen LogP contribution in [0, 0.1) is 5.82 Å². The van der Waals surface area contributed by atoms with Crippen LogP contribution in [-0.2, 0) is 9.53 Å². The number of fused-ring (bicyclic) bond motifs is 2. The van der Waals surface area contributed by atoms with Crippen LogP contribution in [0.5, 0.6) is 0 Å². The molecule has 14 nitrogen and oxygen atoms in total. The molecule has 4 aliphatic rings. The van der Waals surface area contributed by atoms with Crippen molar-refractivity contribution in [2.24, 2.45) is 4.99 Å². The molecule has 0 spiro atoms. The number of aromatic nitrogens is 3. The number of ether oxygens (including phenoxy) is 1. The minimum atomic E-state index is -1.34. The summed E-state index contributed by atoms with van der Waals surface area (Å²) >= 11 is 1.41. The van der Waals surface area contributed by atoms with E-state index in [0.29, 0.717) is 54.4 Å². The van der Waals surface area contributed by atoms with Gasteiger partial charge < -0.3 is 24.4 Å². The number of hydrogen-bond donors (Lipinski definition) is 2. The van der Waals surface area contributed by atoms with Crippen molar-refractivity contribution in [3.63, 3.8) is 0 Å². The number of carboxylic acid groups (broad SMARTS) is 1. The lowest BCUT2D eigenvalue weighted by Gasteiger charge is -2.38. The number of para-hydroxylation sites is 1. The number of carbonyl (C=O) groups excluding carboxylic acids is 1. The van der Waals surface area contributed by atoms with E-state index in [1.807, 2.05) is 23.1 Å². The average molecular weight is 702 g/mol. The second kappa shape index (κ2) is 12.8. The van der Waals surface area contributed by atoms with Gasteiger partial charge in [-0.1, -0.05) is 18.2 Å². The Morgan fingerprint density at radius 2 is 1.82 bits per heavy atom. The molecule has 1 amide bonds. The molecule has 5 heterocycles. The zero-order chi connectivity index (χ0) is 34.7. The van der Waals surface area contributed by atoms with Crippen molar-refractivity contribution < 1.29 is 28.9 Å². The van der Waals surface area contributed by atoms with Crippen LogP contribution >= 0.6 is 11.8 Å². The SMILES string of the molecule is O=C(O)c1cn(C2CC2)c2cc(N3CCN(CN4C(=O)C(=Nc5ccn(C6CSC(CO)O6)c(=O)n5)c5ccccc54)CC3)c(F)cc2c1=O. The van der Waals surface area contributed by atoms with E-state index in [1.54, 1.807) is 27.7 Å². The average Bonchev–Trinajstić information content (AvgIpc) is 3.79. The van der Waals surface area contributed by atoms with Gasteiger partial charge >= 0.3 is 11.7 Å². The summed E-state index contributed by atoms with van der Waals surface area (Å²) in [5.41, 5.74) is 0.270. The number of hydrogen-bond acceptors (Lipinski definition) is 11. The minimum absolute atomic E-state index is 0.0508. The Balaban J connectivity index is 0.992. The van der Waals surface area contributed by atoms with E-state index >= 15 is 4.39 Å². The Labute approximate surface area is 288 Å². The number of aliphatic hydroxyl groups excluding tert-OH is 1. The summed E-state index contributed by atoms with van der Waals surface area (Å²) in [6.07, 6.45) is 4.05. The fourth-order valence-electron chi connectivity index (χ4n) is 6.73. The van der Waals surface area contributed by atoms with Crippen LogP contribution < -0.4 is 20.9 Å². The Morgan fingerprint density at radius 3 is 2.52 bits per heavy atom. The molecule has 50 heavy (non-hydrogen) atoms. The van der Waals surface area contributed by atoms with Crippen molar-refractivity contribution in [1.82, 2.24) is 19.0 Å². The molecular weight excluding hydrogens is 669 g/mol. The number of pyridine rings is 1. The maximum Gasteiger partial charge on any atom is 0.351 e. The van der Waals surface area contributed by atoms with E-state index in [4.69, 9.17) is 4.74 Å². The molecule has 0 radical (unpaired) electrons. The molecule has 2 saturated heterocycles.